The van der Waals surface area contributed by atoms with Crippen molar-refractivity contribution in [1.82, 2.24) is 9.88 Å². The van der Waals surface area contributed by atoms with Crippen LogP contribution in [-0.4, -0.2) is 68.3 Å². The minimum absolute atomic E-state index is 0.00353. The number of methoxy groups -OCH3 is 1. The van der Waals surface area contributed by atoms with E-state index in [4.69, 9.17) is 14.3 Å². The first kappa shape index (κ1) is 25.5. The van der Waals surface area contributed by atoms with Crippen LogP contribution in [0.15, 0.2) is 30.5 Å². The highest BCUT2D eigenvalue weighted by atomic mass is 19.4. The number of ether oxygens (including phenoxy) is 2. The maximum absolute atomic E-state index is 13.3. The topological polar surface area (TPSA) is 84.4 Å². The number of carbonyl (C=O) groups excluding carboxylic acids is 2. The molecule has 0 aliphatic carbocycles. The molecule has 2 atom stereocenters. The molecule has 1 aromatic carbocycles. The molecule has 12 heteroatoms. The molecule has 4 rings (SSSR count). The van der Waals surface area contributed by atoms with E-state index in [2.05, 4.69) is 9.88 Å². The molecular weight excluding hydrogens is 481 g/mol. The number of hydrogen-bond acceptors (Lipinski definition) is 9. The lowest BCUT2D eigenvalue weighted by Crippen LogP contribution is -2.43. The number of aryl methyl sites for hydroxylation is 1. The van der Waals surface area contributed by atoms with Crippen molar-refractivity contribution >= 4 is 23.4 Å². The van der Waals surface area contributed by atoms with Crippen molar-refractivity contribution in [3.05, 3.63) is 47.2 Å². The summed E-state index contributed by atoms with van der Waals surface area (Å²) in [6, 6.07) is 6.34. The van der Waals surface area contributed by atoms with Gasteiger partial charge in [-0.2, -0.15) is 18.2 Å². The molecule has 2 aromatic rings. The number of cyclic esters (lactones) is 1. The number of nitrogens with zero attached hydrogens (tertiary/aromatic N) is 4. The summed E-state index contributed by atoms with van der Waals surface area (Å²) in [5, 5.41) is 0.689. The van der Waals surface area contributed by atoms with Gasteiger partial charge >= 0.3 is 18.1 Å². The zero-order valence-electron chi connectivity index (χ0n) is 20.3. The van der Waals surface area contributed by atoms with Crippen molar-refractivity contribution in [2.45, 2.75) is 38.2 Å². The fourth-order valence-electron chi connectivity index (χ4n) is 4.45. The normalized spacial score (nSPS) is 19.8. The molecule has 0 N–H and O–H groups in total. The van der Waals surface area contributed by atoms with Gasteiger partial charge in [0.25, 0.3) is 0 Å². The van der Waals surface area contributed by atoms with Crippen LogP contribution in [0.1, 0.15) is 41.1 Å². The number of rotatable bonds is 6. The molecule has 0 amide bonds. The van der Waals surface area contributed by atoms with E-state index in [1.807, 2.05) is 19.0 Å². The van der Waals surface area contributed by atoms with Crippen LogP contribution in [0.5, 0.6) is 5.75 Å². The minimum Gasteiger partial charge on any atom is -0.497 e. The molecule has 1 aromatic heterocycles. The molecule has 1 saturated heterocycles. The van der Waals surface area contributed by atoms with E-state index in [1.165, 1.54) is 13.2 Å². The van der Waals surface area contributed by atoms with Crippen molar-refractivity contribution in [2.24, 2.45) is 0 Å². The highest BCUT2D eigenvalue weighted by Gasteiger charge is 2.47. The number of aromatic nitrogens is 1. The zero-order valence-corrected chi connectivity index (χ0v) is 20.3. The van der Waals surface area contributed by atoms with Gasteiger partial charge in [0.15, 0.2) is 0 Å². The Balaban J connectivity index is 1.84. The van der Waals surface area contributed by atoms with Gasteiger partial charge in [-0.15, -0.1) is 0 Å². The van der Waals surface area contributed by atoms with Crippen LogP contribution in [0.2, 0.25) is 0 Å². The Bertz CT molecular complexity index is 1160. The Morgan fingerprint density at radius 1 is 1.31 bits per heavy atom. The van der Waals surface area contributed by atoms with Gasteiger partial charge in [-0.25, -0.2) is 14.6 Å². The van der Waals surface area contributed by atoms with Gasteiger partial charge in [0.1, 0.15) is 11.6 Å². The number of anilines is 2. The monoisotopic (exact) mass is 508 g/mol. The molecule has 0 spiro atoms. The molecule has 9 nitrogen and oxygen atoms in total. The van der Waals surface area contributed by atoms with E-state index >= 15 is 0 Å². The van der Waals surface area contributed by atoms with Crippen LogP contribution in [0.3, 0.4) is 0 Å². The quantitative estimate of drug-likeness (QED) is 0.545. The van der Waals surface area contributed by atoms with Crippen LogP contribution < -0.4 is 14.7 Å². The molecule has 194 valence electrons. The van der Waals surface area contributed by atoms with E-state index in [9.17, 15) is 22.8 Å². The summed E-state index contributed by atoms with van der Waals surface area (Å²) in [6.45, 7) is 3.03. The van der Waals surface area contributed by atoms with Crippen LogP contribution in [0, 0.1) is 0 Å². The zero-order chi connectivity index (χ0) is 26.2. The first-order valence-electron chi connectivity index (χ1n) is 11.4. The van der Waals surface area contributed by atoms with Crippen LogP contribution in [0.25, 0.3) is 0 Å². The molecule has 2 aliphatic heterocycles. The number of likely N-dealkylation sites (N-methyl/N-ethyl adjacent to an activating group) is 1. The number of pyridine rings is 1. The third-order valence-corrected chi connectivity index (χ3v) is 6.35. The van der Waals surface area contributed by atoms with Crippen LogP contribution in [-0.2, 0) is 20.8 Å². The summed E-state index contributed by atoms with van der Waals surface area (Å²) in [6.07, 6.45) is -4.02. The largest absolute Gasteiger partial charge is 0.497 e. The van der Waals surface area contributed by atoms with E-state index in [0.717, 1.165) is 6.42 Å². The fourth-order valence-corrected chi connectivity index (χ4v) is 4.45. The second-order valence-electron chi connectivity index (χ2n) is 8.76. The lowest BCUT2D eigenvalue weighted by molar-refractivity contribution is -0.205. The van der Waals surface area contributed by atoms with Crippen molar-refractivity contribution in [1.29, 1.82) is 0 Å². The highest BCUT2D eigenvalue weighted by Crippen LogP contribution is 2.43. The lowest BCUT2D eigenvalue weighted by atomic mass is 10.00. The number of esters is 1. The molecule has 0 bridgehead atoms. The second-order valence-corrected chi connectivity index (χ2v) is 8.76. The molecule has 2 aliphatic rings. The Hall–Kier alpha value is -3.54. The number of alkyl halides is 3. The van der Waals surface area contributed by atoms with Gasteiger partial charge in [-0.05, 0) is 50.7 Å². The Morgan fingerprint density at radius 3 is 2.67 bits per heavy atom. The number of benzene rings is 1. The van der Waals surface area contributed by atoms with Gasteiger partial charge in [-0.1, -0.05) is 6.92 Å². The van der Waals surface area contributed by atoms with E-state index in [-0.39, 0.29) is 28.6 Å². The number of carbonyl (C=O) groups is 2. The number of hydroxylamine groups is 1. The molecular formula is C24H27F3N4O5. The third-order valence-electron chi connectivity index (χ3n) is 6.35. The molecule has 3 heterocycles. The van der Waals surface area contributed by atoms with Crippen molar-refractivity contribution in [3.8, 4) is 5.75 Å². The summed E-state index contributed by atoms with van der Waals surface area (Å²) in [5.74, 6) is -2.49. The van der Waals surface area contributed by atoms with E-state index < -0.39 is 24.3 Å². The van der Waals surface area contributed by atoms with Gasteiger partial charge in [-0.3, -0.25) is 0 Å². The first-order chi connectivity index (χ1) is 17.0. The predicted molar refractivity (Wildman–Crippen MR) is 124 cm³/mol. The summed E-state index contributed by atoms with van der Waals surface area (Å²) >= 11 is 0. The van der Waals surface area contributed by atoms with Crippen molar-refractivity contribution in [2.75, 3.05) is 44.3 Å². The molecule has 1 unspecified atom stereocenters. The van der Waals surface area contributed by atoms with E-state index in [0.29, 0.717) is 36.0 Å². The van der Waals surface area contributed by atoms with Gasteiger partial charge in [0, 0.05) is 31.4 Å². The van der Waals surface area contributed by atoms with Crippen molar-refractivity contribution < 1.29 is 37.1 Å². The summed E-state index contributed by atoms with van der Waals surface area (Å²) in [7, 11) is 5.31. The summed E-state index contributed by atoms with van der Waals surface area (Å²) in [5.41, 5.74) is 0.698. The maximum atomic E-state index is 13.3. The average Bonchev–Trinajstić information content (AvgIpc) is 3.34. The standard InChI is InChI=1S/C24H27F3N4O5/c1-5-14-11-16(34-4)12-18-19(14)22(32)35-21(31(18)36-23(33)24(25,26)27)17-7-6-9-28-20(17)30-10-8-15(13-30)29(2)3/h6-7,9,11-12,15,21H,5,8,10,13H2,1-4H3/t15-,21?/m0/s1. The minimum atomic E-state index is -5.27. The third kappa shape index (κ3) is 4.77. The second kappa shape index (κ2) is 9.84. The SMILES string of the molecule is CCc1cc(OC)cc2c1C(=O)OC(c1cccnc1N1CC[C@H](N(C)C)C1)N2OC(=O)C(F)(F)F. The Kier molecular flexibility index (Phi) is 6.98. The maximum Gasteiger partial charge on any atom is 0.493 e. The number of fused-ring (bicyclic) bond motifs is 1. The van der Waals surface area contributed by atoms with Gasteiger partial charge in [0.2, 0.25) is 6.23 Å². The Labute approximate surface area is 206 Å². The predicted octanol–water partition coefficient (Wildman–Crippen LogP) is 3.49. The molecule has 1 fully saturated rings. The first-order valence-corrected chi connectivity index (χ1v) is 11.4. The summed E-state index contributed by atoms with van der Waals surface area (Å²) < 4.78 is 50.7. The average molecular weight is 508 g/mol. The molecule has 0 saturated carbocycles. The molecule has 0 radical (unpaired) electrons. The lowest BCUT2D eigenvalue weighted by Gasteiger charge is -2.37. The van der Waals surface area contributed by atoms with Crippen LogP contribution in [0.4, 0.5) is 24.7 Å². The van der Waals surface area contributed by atoms with Crippen LogP contribution >= 0.6 is 0 Å². The highest BCUT2D eigenvalue weighted by molar-refractivity contribution is 6.00. The van der Waals surface area contributed by atoms with Gasteiger partial charge < -0.3 is 24.1 Å². The van der Waals surface area contributed by atoms with Gasteiger partial charge in [0.05, 0.1) is 23.9 Å². The Morgan fingerprint density at radius 2 is 2.06 bits per heavy atom. The van der Waals surface area contributed by atoms with E-state index in [1.54, 1.807) is 31.3 Å². The number of halogens is 3. The smallest absolute Gasteiger partial charge is 0.493 e. The molecule has 36 heavy (non-hydrogen) atoms. The fraction of sp³-hybridized carbons (Fsp3) is 0.458. The number of hydrogen-bond donors (Lipinski definition) is 0. The van der Waals surface area contributed by atoms with Crippen molar-refractivity contribution in [3.63, 3.8) is 0 Å². The summed E-state index contributed by atoms with van der Waals surface area (Å²) in [4.78, 5) is 38.5.